The van der Waals surface area contributed by atoms with Gasteiger partial charge in [-0.05, 0) is 43.9 Å². The summed E-state index contributed by atoms with van der Waals surface area (Å²) in [6, 6.07) is 6.78. The van der Waals surface area contributed by atoms with Crippen molar-refractivity contribution in [1.82, 2.24) is 4.90 Å². The monoisotopic (exact) mass is 264 g/mol. The highest BCUT2D eigenvalue weighted by Gasteiger charge is 2.26. The maximum Gasteiger partial charge on any atom is 0.223 e. The summed E-state index contributed by atoms with van der Waals surface area (Å²) in [5.74, 6) is -0.0718. The van der Waals surface area contributed by atoms with Gasteiger partial charge in [0.25, 0.3) is 0 Å². The van der Waals surface area contributed by atoms with E-state index < -0.39 is 0 Å². The molecule has 1 aliphatic heterocycles. The molecule has 0 aliphatic carbocycles. The Labute approximate surface area is 113 Å². The van der Waals surface area contributed by atoms with E-state index in [-0.39, 0.29) is 23.8 Å². The molecule has 0 radical (unpaired) electrons. The zero-order chi connectivity index (χ0) is 13.8. The third-order valence-corrected chi connectivity index (χ3v) is 3.78. The van der Waals surface area contributed by atoms with Crippen molar-refractivity contribution in [2.24, 2.45) is 5.73 Å². The Morgan fingerprint density at radius 2 is 2.11 bits per heavy atom. The number of hydrogen-bond acceptors (Lipinski definition) is 2. The fraction of sp³-hybridized carbons (Fsp3) is 0.533. The second-order valence-electron chi connectivity index (χ2n) is 5.35. The van der Waals surface area contributed by atoms with E-state index in [4.69, 9.17) is 5.73 Å². The van der Waals surface area contributed by atoms with Gasteiger partial charge in [-0.25, -0.2) is 4.39 Å². The molecule has 0 saturated carbocycles. The number of nitrogens with zero attached hydrogens (tertiary/aromatic N) is 1. The third kappa shape index (κ3) is 3.77. The van der Waals surface area contributed by atoms with Crippen LogP contribution in [0, 0.1) is 5.82 Å². The van der Waals surface area contributed by atoms with Gasteiger partial charge in [0, 0.05) is 25.0 Å². The van der Waals surface area contributed by atoms with Crippen LogP contribution in [-0.4, -0.2) is 29.4 Å². The number of carbonyl (C=O) groups is 1. The molecule has 4 heteroatoms. The number of nitrogens with two attached hydrogens (primary N) is 1. The van der Waals surface area contributed by atoms with E-state index in [0.29, 0.717) is 12.8 Å². The van der Waals surface area contributed by atoms with Crippen LogP contribution in [0.1, 0.15) is 31.7 Å². The summed E-state index contributed by atoms with van der Waals surface area (Å²) in [5, 5.41) is 0. The van der Waals surface area contributed by atoms with Gasteiger partial charge < -0.3 is 10.6 Å². The number of hydrogen-bond donors (Lipinski definition) is 1. The van der Waals surface area contributed by atoms with E-state index in [0.717, 1.165) is 24.9 Å². The molecule has 2 rings (SSSR count). The highest BCUT2D eigenvalue weighted by Crippen LogP contribution is 2.17. The first-order valence-corrected chi connectivity index (χ1v) is 6.86. The summed E-state index contributed by atoms with van der Waals surface area (Å²) in [7, 11) is 0. The zero-order valence-corrected chi connectivity index (χ0v) is 11.3. The maximum absolute atomic E-state index is 12.8. The van der Waals surface area contributed by atoms with Crippen molar-refractivity contribution in [2.45, 2.75) is 44.7 Å². The average Bonchev–Trinajstić information content (AvgIpc) is 2.37. The second-order valence-corrected chi connectivity index (χ2v) is 5.35. The summed E-state index contributed by atoms with van der Waals surface area (Å²) in [6.07, 6.45) is 2.90. The van der Waals surface area contributed by atoms with E-state index in [2.05, 4.69) is 6.92 Å². The van der Waals surface area contributed by atoms with Gasteiger partial charge in [-0.3, -0.25) is 4.79 Å². The first kappa shape index (κ1) is 14.0. The van der Waals surface area contributed by atoms with Crippen LogP contribution >= 0.6 is 0 Å². The van der Waals surface area contributed by atoms with Gasteiger partial charge in [-0.15, -0.1) is 0 Å². The van der Waals surface area contributed by atoms with Crippen molar-refractivity contribution in [3.05, 3.63) is 35.6 Å². The molecule has 104 valence electrons. The number of halogens is 1. The molecule has 1 saturated heterocycles. The highest BCUT2D eigenvalue weighted by atomic mass is 19.1. The molecule has 1 aromatic rings. The van der Waals surface area contributed by atoms with Gasteiger partial charge >= 0.3 is 0 Å². The Kier molecular flexibility index (Phi) is 4.53. The molecular formula is C15H21FN2O. The Bertz CT molecular complexity index is 432. The first-order valence-electron chi connectivity index (χ1n) is 6.86. The normalized spacial score (nSPS) is 23.4. The van der Waals surface area contributed by atoms with E-state index in [1.807, 2.05) is 4.90 Å². The molecule has 0 aromatic heterocycles. The Balaban J connectivity index is 1.85. The lowest BCUT2D eigenvalue weighted by atomic mass is 9.98. The summed E-state index contributed by atoms with van der Waals surface area (Å²) in [5.41, 5.74) is 6.89. The van der Waals surface area contributed by atoms with Crippen molar-refractivity contribution in [3.63, 3.8) is 0 Å². The van der Waals surface area contributed by atoms with Crippen LogP contribution in [0.5, 0.6) is 0 Å². The Hall–Kier alpha value is -1.42. The molecule has 0 bridgehead atoms. The molecule has 1 fully saturated rings. The number of carbonyl (C=O) groups excluding carboxylic acids is 1. The molecular weight excluding hydrogens is 243 g/mol. The van der Waals surface area contributed by atoms with Gasteiger partial charge in [-0.2, -0.15) is 0 Å². The van der Waals surface area contributed by atoms with Crippen LogP contribution < -0.4 is 5.73 Å². The number of benzene rings is 1. The lowest BCUT2D eigenvalue weighted by molar-refractivity contribution is -0.134. The number of amides is 1. The Morgan fingerprint density at radius 1 is 1.42 bits per heavy atom. The molecule has 0 unspecified atom stereocenters. The quantitative estimate of drug-likeness (QED) is 0.908. The van der Waals surface area contributed by atoms with Crippen molar-refractivity contribution in [2.75, 3.05) is 6.54 Å². The van der Waals surface area contributed by atoms with Crippen LogP contribution in [0.25, 0.3) is 0 Å². The number of piperidine rings is 1. The maximum atomic E-state index is 12.8. The van der Waals surface area contributed by atoms with Crippen LogP contribution in [0.15, 0.2) is 24.3 Å². The van der Waals surface area contributed by atoms with Gasteiger partial charge in [0.1, 0.15) is 5.82 Å². The lowest BCUT2D eigenvalue weighted by Crippen LogP contribution is -2.48. The molecule has 1 amide bonds. The van der Waals surface area contributed by atoms with Crippen LogP contribution in [0.4, 0.5) is 4.39 Å². The fourth-order valence-electron chi connectivity index (χ4n) is 2.62. The molecule has 1 aliphatic rings. The summed E-state index contributed by atoms with van der Waals surface area (Å²) in [4.78, 5) is 14.1. The molecule has 1 heterocycles. The summed E-state index contributed by atoms with van der Waals surface area (Å²) in [6.45, 7) is 2.80. The zero-order valence-electron chi connectivity index (χ0n) is 11.3. The molecule has 2 atom stereocenters. The molecule has 3 nitrogen and oxygen atoms in total. The number of likely N-dealkylation sites (tertiary alicyclic amines) is 1. The van der Waals surface area contributed by atoms with E-state index in [9.17, 15) is 9.18 Å². The van der Waals surface area contributed by atoms with E-state index in [1.54, 1.807) is 12.1 Å². The topological polar surface area (TPSA) is 46.3 Å². The lowest BCUT2D eigenvalue weighted by Gasteiger charge is -2.36. The fourth-order valence-corrected chi connectivity index (χ4v) is 2.62. The van der Waals surface area contributed by atoms with Gasteiger partial charge in [-0.1, -0.05) is 12.1 Å². The molecule has 19 heavy (non-hydrogen) atoms. The largest absolute Gasteiger partial charge is 0.340 e. The van der Waals surface area contributed by atoms with Crippen LogP contribution in [0.2, 0.25) is 0 Å². The van der Waals surface area contributed by atoms with E-state index in [1.165, 1.54) is 12.1 Å². The van der Waals surface area contributed by atoms with Gasteiger partial charge in [0.15, 0.2) is 0 Å². The second kappa shape index (κ2) is 6.15. The first-order chi connectivity index (χ1) is 9.06. The van der Waals surface area contributed by atoms with Crippen molar-refractivity contribution in [3.8, 4) is 0 Å². The summed E-state index contributed by atoms with van der Waals surface area (Å²) < 4.78 is 12.8. The van der Waals surface area contributed by atoms with Gasteiger partial charge in [0.05, 0.1) is 0 Å². The Morgan fingerprint density at radius 3 is 2.74 bits per heavy atom. The van der Waals surface area contributed by atoms with Crippen molar-refractivity contribution < 1.29 is 9.18 Å². The minimum atomic E-state index is -0.242. The van der Waals surface area contributed by atoms with E-state index >= 15 is 0 Å². The predicted molar refractivity (Wildman–Crippen MR) is 73.1 cm³/mol. The highest BCUT2D eigenvalue weighted by molar-refractivity contribution is 5.76. The number of aryl methyl sites for hydroxylation is 1. The summed E-state index contributed by atoms with van der Waals surface area (Å²) >= 11 is 0. The van der Waals surface area contributed by atoms with Crippen LogP contribution in [0.3, 0.4) is 0 Å². The smallest absolute Gasteiger partial charge is 0.223 e. The SMILES string of the molecule is C[C@H]1C[C@H](N)CCN1C(=O)CCc1ccc(F)cc1. The van der Waals surface area contributed by atoms with Crippen molar-refractivity contribution in [1.29, 1.82) is 0 Å². The molecule has 2 N–H and O–H groups in total. The predicted octanol–water partition coefficient (Wildman–Crippen LogP) is 2.10. The minimum absolute atomic E-state index is 0.170. The van der Waals surface area contributed by atoms with Crippen molar-refractivity contribution >= 4 is 5.91 Å². The van der Waals surface area contributed by atoms with Crippen LogP contribution in [-0.2, 0) is 11.2 Å². The van der Waals surface area contributed by atoms with Gasteiger partial charge in [0.2, 0.25) is 5.91 Å². The third-order valence-electron chi connectivity index (χ3n) is 3.78. The minimum Gasteiger partial charge on any atom is -0.340 e. The molecule has 1 aromatic carbocycles. The average molecular weight is 264 g/mol. The number of rotatable bonds is 3. The molecule has 0 spiro atoms. The standard InChI is InChI=1S/C15H21FN2O/c1-11-10-14(17)8-9-18(11)15(19)7-4-12-2-5-13(16)6-3-12/h2-3,5-6,11,14H,4,7-10,17H2,1H3/t11-,14+/m0/s1.